The van der Waals surface area contributed by atoms with Crippen molar-refractivity contribution in [3.8, 4) is 0 Å². The Morgan fingerprint density at radius 3 is 2.50 bits per heavy atom. The Hall–Kier alpha value is -3.48. The van der Waals surface area contributed by atoms with E-state index in [0.717, 1.165) is 10.2 Å². The number of aromatic nitrogens is 4. The molecular formula is C17H13N5O2. The average molecular weight is 319 g/mol. The molecule has 0 aliphatic heterocycles. The van der Waals surface area contributed by atoms with Gasteiger partial charge < -0.3 is 10.4 Å². The molecule has 0 atom stereocenters. The zero-order chi connectivity index (χ0) is 16.7. The molecule has 0 bridgehead atoms. The summed E-state index contributed by atoms with van der Waals surface area (Å²) < 4.78 is 2.55. The van der Waals surface area contributed by atoms with E-state index in [-0.39, 0.29) is 11.1 Å². The number of nitrogens with zero attached hydrogens (tertiary/aromatic N) is 4. The van der Waals surface area contributed by atoms with Gasteiger partial charge in [0.2, 0.25) is 0 Å². The topological polar surface area (TPSA) is 95.8 Å². The lowest BCUT2D eigenvalue weighted by Crippen LogP contribution is -2.27. The lowest BCUT2D eigenvalue weighted by atomic mass is 10.2. The van der Waals surface area contributed by atoms with Crippen molar-refractivity contribution in [1.29, 1.82) is 0 Å². The summed E-state index contributed by atoms with van der Waals surface area (Å²) in [5.41, 5.74) is 1.38. The SMILES string of the molecule is Nn1ccc2nc3ccn(Cc4cccnc4)c(=O)c3cc2c1=O. The molecule has 0 spiro atoms. The van der Waals surface area contributed by atoms with Crippen molar-refractivity contribution < 1.29 is 0 Å². The van der Waals surface area contributed by atoms with Gasteiger partial charge in [0.1, 0.15) is 0 Å². The van der Waals surface area contributed by atoms with Crippen LogP contribution in [-0.2, 0) is 6.54 Å². The molecule has 0 fully saturated rings. The summed E-state index contributed by atoms with van der Waals surface area (Å²) in [5.74, 6) is 5.59. The minimum atomic E-state index is -0.385. The fraction of sp³-hybridized carbons (Fsp3) is 0.0588. The molecule has 0 aliphatic rings. The molecule has 0 unspecified atom stereocenters. The Morgan fingerprint density at radius 2 is 1.75 bits per heavy atom. The first kappa shape index (κ1) is 14.1. The van der Waals surface area contributed by atoms with Gasteiger partial charge in [-0.05, 0) is 29.8 Å². The van der Waals surface area contributed by atoms with Crippen molar-refractivity contribution >= 4 is 21.8 Å². The van der Waals surface area contributed by atoms with Crippen molar-refractivity contribution in [1.82, 2.24) is 19.2 Å². The van der Waals surface area contributed by atoms with Gasteiger partial charge in [-0.1, -0.05) is 6.07 Å². The lowest BCUT2D eigenvalue weighted by molar-refractivity contribution is 0.764. The van der Waals surface area contributed by atoms with E-state index in [2.05, 4.69) is 9.97 Å². The van der Waals surface area contributed by atoms with Gasteiger partial charge >= 0.3 is 0 Å². The molecule has 118 valence electrons. The number of rotatable bonds is 2. The van der Waals surface area contributed by atoms with E-state index in [9.17, 15) is 9.59 Å². The van der Waals surface area contributed by atoms with Crippen LogP contribution in [0.3, 0.4) is 0 Å². The summed E-state index contributed by atoms with van der Waals surface area (Å²) >= 11 is 0. The fourth-order valence-corrected chi connectivity index (χ4v) is 2.69. The molecule has 4 aromatic rings. The molecule has 7 nitrogen and oxygen atoms in total. The first-order valence-electron chi connectivity index (χ1n) is 7.33. The predicted octanol–water partition coefficient (Wildman–Crippen LogP) is 0.869. The van der Waals surface area contributed by atoms with Crippen molar-refractivity contribution in [3.05, 3.63) is 81.4 Å². The van der Waals surface area contributed by atoms with Crippen LogP contribution < -0.4 is 17.0 Å². The number of pyridine rings is 4. The second kappa shape index (κ2) is 5.31. The second-order valence-electron chi connectivity index (χ2n) is 5.49. The van der Waals surface area contributed by atoms with E-state index < -0.39 is 0 Å². The summed E-state index contributed by atoms with van der Waals surface area (Å²) in [6, 6.07) is 8.69. The molecule has 4 heterocycles. The van der Waals surface area contributed by atoms with Gasteiger partial charge in [-0.15, -0.1) is 0 Å². The van der Waals surface area contributed by atoms with Crippen molar-refractivity contribution in [2.45, 2.75) is 6.54 Å². The van der Waals surface area contributed by atoms with Gasteiger partial charge in [0, 0.05) is 24.8 Å². The molecule has 0 radical (unpaired) electrons. The minimum absolute atomic E-state index is 0.211. The molecule has 0 saturated carbocycles. The number of hydrogen-bond acceptors (Lipinski definition) is 5. The monoisotopic (exact) mass is 319 g/mol. The van der Waals surface area contributed by atoms with Gasteiger partial charge in [0.25, 0.3) is 11.1 Å². The Balaban J connectivity index is 1.95. The second-order valence-corrected chi connectivity index (χ2v) is 5.49. The predicted molar refractivity (Wildman–Crippen MR) is 91.3 cm³/mol. The van der Waals surface area contributed by atoms with Crippen LogP contribution in [-0.4, -0.2) is 19.2 Å². The third-order valence-electron chi connectivity index (χ3n) is 3.92. The third-order valence-corrected chi connectivity index (χ3v) is 3.92. The van der Waals surface area contributed by atoms with Crippen molar-refractivity contribution in [2.75, 3.05) is 5.84 Å². The van der Waals surface area contributed by atoms with Crippen molar-refractivity contribution in [2.24, 2.45) is 0 Å². The number of fused-ring (bicyclic) bond motifs is 2. The van der Waals surface area contributed by atoms with Crippen LogP contribution in [0.5, 0.6) is 0 Å². The zero-order valence-electron chi connectivity index (χ0n) is 12.6. The van der Waals surface area contributed by atoms with Crippen LogP contribution in [0.15, 0.2) is 64.7 Å². The summed E-state index contributed by atoms with van der Waals surface area (Å²) in [7, 11) is 0. The van der Waals surface area contributed by atoms with E-state index in [1.165, 1.54) is 6.20 Å². The highest BCUT2D eigenvalue weighted by molar-refractivity contribution is 5.91. The van der Waals surface area contributed by atoms with Gasteiger partial charge in [-0.3, -0.25) is 14.6 Å². The zero-order valence-corrected chi connectivity index (χ0v) is 12.6. The van der Waals surface area contributed by atoms with Gasteiger partial charge in [-0.25, -0.2) is 9.66 Å². The highest BCUT2D eigenvalue weighted by Gasteiger charge is 2.09. The molecule has 24 heavy (non-hydrogen) atoms. The van der Waals surface area contributed by atoms with E-state index >= 15 is 0 Å². The largest absolute Gasteiger partial charge is 0.336 e. The maximum absolute atomic E-state index is 12.7. The highest BCUT2D eigenvalue weighted by Crippen LogP contribution is 2.14. The molecule has 0 saturated heterocycles. The maximum Gasteiger partial charge on any atom is 0.278 e. The maximum atomic E-state index is 12.7. The molecule has 2 N–H and O–H groups in total. The molecule has 0 aliphatic carbocycles. The van der Waals surface area contributed by atoms with Crippen LogP contribution in [0.1, 0.15) is 5.56 Å². The van der Waals surface area contributed by atoms with E-state index in [4.69, 9.17) is 5.84 Å². The number of nitrogen functional groups attached to an aromatic ring is 1. The van der Waals surface area contributed by atoms with Crippen LogP contribution in [0.2, 0.25) is 0 Å². The summed E-state index contributed by atoms with van der Waals surface area (Å²) in [4.78, 5) is 33.3. The Kier molecular flexibility index (Phi) is 3.13. The smallest absolute Gasteiger partial charge is 0.278 e. The molecular weight excluding hydrogens is 306 g/mol. The van der Waals surface area contributed by atoms with Crippen LogP contribution >= 0.6 is 0 Å². The van der Waals surface area contributed by atoms with E-state index in [0.29, 0.717) is 28.4 Å². The summed E-state index contributed by atoms with van der Waals surface area (Å²) in [5, 5.41) is 0.709. The molecule has 4 aromatic heterocycles. The standard InChI is InChI=1S/C17H13N5O2/c18-22-7-4-15-13(17(22)24)8-12-14(20-15)3-6-21(16(12)23)10-11-2-1-5-19-9-11/h1-9H,10,18H2. The number of nitrogens with two attached hydrogens (primary N) is 1. The average Bonchev–Trinajstić information content (AvgIpc) is 2.61. The summed E-state index contributed by atoms with van der Waals surface area (Å²) in [6.07, 6.45) is 6.54. The van der Waals surface area contributed by atoms with Crippen LogP contribution in [0.25, 0.3) is 21.8 Å². The molecule has 4 rings (SSSR count). The Labute approximate surface area is 135 Å². The summed E-state index contributed by atoms with van der Waals surface area (Å²) in [6.45, 7) is 0.399. The Morgan fingerprint density at radius 1 is 1.00 bits per heavy atom. The first-order chi connectivity index (χ1) is 11.6. The first-order valence-corrected chi connectivity index (χ1v) is 7.33. The third kappa shape index (κ3) is 2.23. The van der Waals surface area contributed by atoms with Crippen molar-refractivity contribution in [3.63, 3.8) is 0 Å². The van der Waals surface area contributed by atoms with Gasteiger partial charge in [0.15, 0.2) is 0 Å². The van der Waals surface area contributed by atoms with E-state index in [1.807, 2.05) is 12.1 Å². The highest BCUT2D eigenvalue weighted by atomic mass is 16.1. The molecule has 7 heteroatoms. The fourth-order valence-electron chi connectivity index (χ4n) is 2.69. The van der Waals surface area contributed by atoms with Crippen LogP contribution in [0, 0.1) is 0 Å². The lowest BCUT2D eigenvalue weighted by Gasteiger charge is -2.08. The quantitative estimate of drug-likeness (QED) is 0.437. The van der Waals surface area contributed by atoms with E-state index in [1.54, 1.807) is 41.4 Å². The number of hydrogen-bond donors (Lipinski definition) is 1. The molecule has 0 aromatic carbocycles. The van der Waals surface area contributed by atoms with Crippen LogP contribution in [0.4, 0.5) is 0 Å². The normalized spacial score (nSPS) is 11.2. The minimum Gasteiger partial charge on any atom is -0.336 e. The van der Waals surface area contributed by atoms with Gasteiger partial charge in [-0.2, -0.15) is 0 Å². The molecule has 0 amide bonds. The van der Waals surface area contributed by atoms with Gasteiger partial charge in [0.05, 0.1) is 28.4 Å². The Bertz CT molecular complexity index is 1180.